The molecule has 0 radical (unpaired) electrons. The highest BCUT2D eigenvalue weighted by molar-refractivity contribution is 5.69. The van der Waals surface area contributed by atoms with Crippen molar-refractivity contribution in [3.63, 3.8) is 0 Å². The summed E-state index contributed by atoms with van der Waals surface area (Å²) in [7, 11) is 0. The summed E-state index contributed by atoms with van der Waals surface area (Å²) in [4.78, 5) is 16.5. The fourth-order valence-electron chi connectivity index (χ4n) is 12.4. The lowest BCUT2D eigenvalue weighted by Crippen LogP contribution is -2.66. The van der Waals surface area contributed by atoms with E-state index in [4.69, 9.17) is 61.6 Å². The van der Waals surface area contributed by atoms with Gasteiger partial charge in [0.15, 0.2) is 12.6 Å². The zero-order valence-electron chi connectivity index (χ0n) is 54.1. The summed E-state index contributed by atoms with van der Waals surface area (Å²) >= 11 is 0. The topological polar surface area (TPSA) is 140 Å². The monoisotopic (exact) mass is 1300 g/mol. The number of carbonyl (C=O) groups excluding carboxylic acids is 1. The van der Waals surface area contributed by atoms with Crippen LogP contribution in [0, 0.1) is 0 Å². The Morgan fingerprint density at radius 2 is 0.635 bits per heavy atom. The van der Waals surface area contributed by atoms with E-state index in [-0.39, 0.29) is 72.6 Å². The molecule has 3 aliphatic rings. The molecule has 12 rings (SSSR count). The summed E-state index contributed by atoms with van der Waals surface area (Å²) in [6.07, 6.45) is -11.5. The molecule has 498 valence electrons. The predicted molar refractivity (Wildman–Crippen MR) is 362 cm³/mol. The summed E-state index contributed by atoms with van der Waals surface area (Å²) in [6.45, 7) is 3.88. The van der Waals surface area contributed by atoms with Crippen molar-refractivity contribution in [3.05, 3.63) is 323 Å². The second kappa shape index (κ2) is 35.7. The minimum absolute atomic E-state index is 0.00919. The number of rotatable bonds is 32. The normalized spacial score (nSPS) is 24.1. The van der Waals surface area contributed by atoms with Crippen LogP contribution in [0.5, 0.6) is 0 Å². The van der Waals surface area contributed by atoms with Crippen LogP contribution in [0.25, 0.3) is 0 Å². The Kier molecular flexibility index (Phi) is 25.2. The first-order valence-electron chi connectivity index (χ1n) is 33.2. The molecule has 0 unspecified atom stereocenters. The van der Waals surface area contributed by atoms with E-state index in [9.17, 15) is 4.79 Å². The SMILES string of the molecule is C[C@H]1O[C@@H](O[C@H]2[C@H](OCc3ccccc3)[C@@H](OCc3ccccc3)[C@@H](O[C@H]3[C@H](OCc4ccccc4)CN(C(=O)OCc4ccccc4)[C@H]3COCc3ccccc3)O[C@@H]2COCc2ccccc2)[C@H](OCc2ccccc2)[C@@H](OCc2ccccc2)[C@@H]1OCc1ccccc1. The summed E-state index contributed by atoms with van der Waals surface area (Å²) in [5.41, 5.74) is 8.41. The fourth-order valence-corrected chi connectivity index (χ4v) is 12.4. The summed E-state index contributed by atoms with van der Waals surface area (Å²) in [6, 6.07) is 88.7. The van der Waals surface area contributed by atoms with Gasteiger partial charge in [-0.3, -0.25) is 4.90 Å². The molecule has 3 fully saturated rings. The molecule has 0 saturated carbocycles. The van der Waals surface area contributed by atoms with Crippen LogP contribution >= 0.6 is 0 Å². The van der Waals surface area contributed by atoms with Crippen molar-refractivity contribution in [2.24, 2.45) is 0 Å². The first-order valence-corrected chi connectivity index (χ1v) is 33.2. The van der Waals surface area contributed by atoms with E-state index >= 15 is 0 Å². The van der Waals surface area contributed by atoms with Gasteiger partial charge < -0.3 is 61.6 Å². The molecule has 3 heterocycles. The Balaban J connectivity index is 0.946. The first-order chi connectivity index (χ1) is 47.4. The molecule has 0 spiro atoms. The molecule has 3 aliphatic heterocycles. The number of likely N-dealkylation sites (tertiary alicyclic amines) is 1. The van der Waals surface area contributed by atoms with Gasteiger partial charge in [0.05, 0.1) is 84.8 Å². The Morgan fingerprint density at radius 1 is 0.333 bits per heavy atom. The average molecular weight is 1300 g/mol. The molecular formula is C81H85NO14. The van der Waals surface area contributed by atoms with E-state index in [1.165, 1.54) is 0 Å². The van der Waals surface area contributed by atoms with Gasteiger partial charge in [-0.05, 0) is 57.0 Å². The summed E-state index contributed by atoms with van der Waals surface area (Å²) < 4.78 is 92.5. The smallest absolute Gasteiger partial charge is 0.410 e. The van der Waals surface area contributed by atoms with Gasteiger partial charge in [0.1, 0.15) is 61.5 Å². The van der Waals surface area contributed by atoms with Crippen molar-refractivity contribution in [1.29, 1.82) is 0 Å². The average Bonchev–Trinajstić information content (AvgIpc) is 1.07. The fraction of sp³-hybridized carbons (Fsp3) is 0.321. The van der Waals surface area contributed by atoms with Crippen molar-refractivity contribution < 1.29 is 66.4 Å². The van der Waals surface area contributed by atoms with Gasteiger partial charge in [-0.1, -0.05) is 273 Å². The number of hydrogen-bond acceptors (Lipinski definition) is 14. The van der Waals surface area contributed by atoms with E-state index in [2.05, 4.69) is 0 Å². The maximum absolute atomic E-state index is 14.9. The van der Waals surface area contributed by atoms with Crippen LogP contribution in [-0.4, -0.2) is 110 Å². The van der Waals surface area contributed by atoms with Crippen molar-refractivity contribution in [1.82, 2.24) is 4.90 Å². The second-order valence-electron chi connectivity index (χ2n) is 24.4. The zero-order chi connectivity index (χ0) is 65.4. The van der Waals surface area contributed by atoms with Gasteiger partial charge in [0.25, 0.3) is 0 Å². The third-order valence-electron chi connectivity index (χ3n) is 17.4. The summed E-state index contributed by atoms with van der Waals surface area (Å²) in [5, 5.41) is 0. The first kappa shape index (κ1) is 67.7. The number of carbonyl (C=O) groups is 1. The molecule has 15 nitrogen and oxygen atoms in total. The van der Waals surface area contributed by atoms with Crippen molar-refractivity contribution in [2.75, 3.05) is 19.8 Å². The van der Waals surface area contributed by atoms with E-state index in [1.54, 1.807) is 4.90 Å². The maximum atomic E-state index is 14.9. The Labute approximate surface area is 563 Å². The van der Waals surface area contributed by atoms with E-state index in [0.29, 0.717) is 6.61 Å². The van der Waals surface area contributed by atoms with Gasteiger partial charge >= 0.3 is 6.09 Å². The van der Waals surface area contributed by atoms with E-state index < -0.39 is 85.8 Å². The molecule has 9 aromatic rings. The third kappa shape index (κ3) is 19.3. The van der Waals surface area contributed by atoms with E-state index in [1.807, 2.05) is 280 Å². The lowest BCUT2D eigenvalue weighted by Gasteiger charge is -2.50. The van der Waals surface area contributed by atoms with Gasteiger partial charge in [-0.25, -0.2) is 4.79 Å². The second-order valence-corrected chi connectivity index (χ2v) is 24.4. The quantitative estimate of drug-likeness (QED) is 0.0395. The van der Waals surface area contributed by atoms with Gasteiger partial charge in [-0.15, -0.1) is 0 Å². The molecule has 1 amide bonds. The Morgan fingerprint density at radius 3 is 1.03 bits per heavy atom. The highest BCUT2D eigenvalue weighted by Gasteiger charge is 2.56. The Bertz CT molecular complexity index is 3630. The maximum Gasteiger partial charge on any atom is 0.410 e. The molecule has 0 bridgehead atoms. The van der Waals surface area contributed by atoms with Crippen LogP contribution in [-0.2, 0) is 121 Å². The van der Waals surface area contributed by atoms with Crippen LogP contribution in [0.15, 0.2) is 273 Å². The number of ether oxygens (including phenoxy) is 13. The van der Waals surface area contributed by atoms with Crippen LogP contribution in [0.4, 0.5) is 4.79 Å². The molecule has 96 heavy (non-hydrogen) atoms. The lowest BCUT2D eigenvalue weighted by molar-refractivity contribution is -0.379. The molecule has 0 aromatic heterocycles. The summed E-state index contributed by atoms with van der Waals surface area (Å²) in [5.74, 6) is 0. The Hall–Kier alpha value is -8.23. The molecular weight excluding hydrogens is 1210 g/mol. The molecule has 13 atom stereocenters. The number of nitrogens with zero attached hydrogens (tertiary/aromatic N) is 1. The molecule has 9 aromatic carbocycles. The highest BCUT2D eigenvalue weighted by Crippen LogP contribution is 2.39. The minimum Gasteiger partial charge on any atom is -0.445 e. The number of hydrogen-bond donors (Lipinski definition) is 0. The largest absolute Gasteiger partial charge is 0.445 e. The molecule has 0 aliphatic carbocycles. The van der Waals surface area contributed by atoms with Crippen molar-refractivity contribution in [2.45, 2.75) is 146 Å². The lowest BCUT2D eigenvalue weighted by atomic mass is 9.95. The minimum atomic E-state index is -1.24. The van der Waals surface area contributed by atoms with Crippen LogP contribution in [0.2, 0.25) is 0 Å². The zero-order valence-corrected chi connectivity index (χ0v) is 54.1. The van der Waals surface area contributed by atoms with E-state index in [0.717, 1.165) is 50.1 Å². The van der Waals surface area contributed by atoms with Crippen LogP contribution in [0.1, 0.15) is 57.0 Å². The van der Waals surface area contributed by atoms with Crippen LogP contribution in [0.3, 0.4) is 0 Å². The van der Waals surface area contributed by atoms with Gasteiger partial charge in [-0.2, -0.15) is 0 Å². The highest BCUT2D eigenvalue weighted by atomic mass is 16.8. The van der Waals surface area contributed by atoms with Crippen molar-refractivity contribution in [3.8, 4) is 0 Å². The van der Waals surface area contributed by atoms with Gasteiger partial charge in [0.2, 0.25) is 0 Å². The predicted octanol–water partition coefficient (Wildman–Crippen LogP) is 14.2. The number of benzene rings is 9. The third-order valence-corrected chi connectivity index (χ3v) is 17.4. The number of amides is 1. The molecule has 3 saturated heterocycles. The standard InChI is InChI=1S/C81H85NO14/c1-59-72(87-51-63-35-17-5-18-36-63)75(88-52-64-37-19-6-20-38-64)77(90-54-66-41-23-8-24-42-66)79(93-59)96-74-71(58-85-49-61-31-13-3-14-32-61)94-80(78(91-55-67-43-25-9-26-44-67)76(74)89-53-65-39-21-7-22-40-65)95-73-69(57-84-48-60-29-11-2-12-30-60)82(81(83)92-56-68-45-27-10-28-46-68)47-70(73)86-50-62-33-15-4-16-34-62/h2-46,59,69-80H,47-58H2,1H3/t59-,69+,70-,71-,72-,73-,74-,75+,76+,77-,78-,79+,80-/m1/s1. The van der Waals surface area contributed by atoms with Gasteiger partial charge in [0, 0.05) is 0 Å². The van der Waals surface area contributed by atoms with Crippen molar-refractivity contribution >= 4 is 6.09 Å². The molecule has 0 N–H and O–H groups in total. The molecule has 15 heteroatoms. The van der Waals surface area contributed by atoms with Crippen LogP contribution < -0.4 is 0 Å².